The third kappa shape index (κ3) is 13.3. The van der Waals surface area contributed by atoms with Gasteiger partial charge in [-0.15, -0.1) is 0 Å². The van der Waals surface area contributed by atoms with Crippen molar-refractivity contribution in [3.05, 3.63) is 35.2 Å². The highest BCUT2D eigenvalue weighted by Crippen LogP contribution is 2.18. The minimum Gasteiger partial charge on any atom is -0.379 e. The van der Waals surface area contributed by atoms with Crippen molar-refractivity contribution in [1.29, 1.82) is 0 Å². The molecular weight excluding hydrogens is 606 g/mol. The predicted molar refractivity (Wildman–Crippen MR) is 175 cm³/mol. The highest BCUT2D eigenvalue weighted by atomic mass is 16.5. The van der Waals surface area contributed by atoms with E-state index in [-0.39, 0.29) is 50.5 Å². The molecule has 0 saturated carbocycles. The van der Waals surface area contributed by atoms with Crippen LogP contribution in [0.1, 0.15) is 88.0 Å². The molecule has 0 radical (unpaired) electrons. The van der Waals surface area contributed by atoms with E-state index in [2.05, 4.69) is 22.5 Å². The van der Waals surface area contributed by atoms with E-state index in [4.69, 9.17) is 20.2 Å². The maximum absolute atomic E-state index is 12.7. The summed E-state index contributed by atoms with van der Waals surface area (Å²) in [6.45, 7) is 8.34. The monoisotopic (exact) mass is 655 g/mol. The molecular formula is C34H49N5O8. The van der Waals surface area contributed by atoms with Crippen LogP contribution in [0, 0.1) is 11.8 Å². The highest BCUT2D eigenvalue weighted by molar-refractivity contribution is 5.99. The van der Waals surface area contributed by atoms with Gasteiger partial charge in [-0.2, -0.15) is 0 Å². The average molecular weight is 656 g/mol. The Balaban J connectivity index is 1.60. The second kappa shape index (κ2) is 20.2. The van der Waals surface area contributed by atoms with Crippen LogP contribution >= 0.6 is 0 Å². The fourth-order valence-electron chi connectivity index (χ4n) is 4.95. The number of hydrogen-bond acceptors (Lipinski definition) is 10. The maximum atomic E-state index is 12.7. The van der Waals surface area contributed by atoms with Crippen LogP contribution in [0.3, 0.4) is 0 Å². The standard InChI is InChI=1S/C34H49N5O8/c1-6-26-27(7-2)39-29-18-23(10-11-28(29)38-26)30(41)9-8-13-46-15-16-47-14-12-25(40)17-21(3)33(44)37-22(4)31(42)19-24(20-32(35)43)34(45)36-5/h10-11,18,21-22,24H,6-9,12-17,19-20H2,1-5H3,(H2,35,43)(H,36,45)(H,37,44)/t21-,22+,24+/m1/s1. The van der Waals surface area contributed by atoms with Gasteiger partial charge >= 0.3 is 0 Å². The van der Waals surface area contributed by atoms with Crippen molar-refractivity contribution >= 4 is 46.1 Å². The fourth-order valence-corrected chi connectivity index (χ4v) is 4.95. The van der Waals surface area contributed by atoms with Gasteiger partial charge in [0.1, 0.15) is 5.78 Å². The van der Waals surface area contributed by atoms with Crippen LogP contribution in [-0.2, 0) is 46.3 Å². The quantitative estimate of drug-likeness (QED) is 0.118. The van der Waals surface area contributed by atoms with E-state index < -0.39 is 41.4 Å². The van der Waals surface area contributed by atoms with Gasteiger partial charge < -0.3 is 25.8 Å². The lowest BCUT2D eigenvalue weighted by Gasteiger charge is -2.19. The van der Waals surface area contributed by atoms with Crippen molar-refractivity contribution in [2.75, 3.05) is 33.5 Å². The van der Waals surface area contributed by atoms with Crippen molar-refractivity contribution in [2.24, 2.45) is 17.6 Å². The van der Waals surface area contributed by atoms with Crippen LogP contribution in [0.4, 0.5) is 0 Å². The van der Waals surface area contributed by atoms with E-state index in [1.54, 1.807) is 19.1 Å². The second-order valence-electron chi connectivity index (χ2n) is 11.6. The Kier molecular flexibility index (Phi) is 16.8. The molecule has 13 nitrogen and oxygen atoms in total. The van der Waals surface area contributed by atoms with E-state index >= 15 is 0 Å². The summed E-state index contributed by atoms with van der Waals surface area (Å²) < 4.78 is 11.0. The first-order valence-electron chi connectivity index (χ1n) is 16.2. The fraction of sp³-hybridized carbons (Fsp3) is 0.588. The van der Waals surface area contributed by atoms with Crippen LogP contribution in [0.25, 0.3) is 11.0 Å². The molecule has 258 valence electrons. The van der Waals surface area contributed by atoms with Crippen molar-refractivity contribution in [3.63, 3.8) is 0 Å². The van der Waals surface area contributed by atoms with E-state index in [0.29, 0.717) is 31.6 Å². The number of amides is 3. The first-order chi connectivity index (χ1) is 22.4. The molecule has 0 spiro atoms. The Morgan fingerprint density at radius 1 is 0.809 bits per heavy atom. The smallest absolute Gasteiger partial charge is 0.223 e. The van der Waals surface area contributed by atoms with Crippen molar-refractivity contribution in [2.45, 2.75) is 85.1 Å². The molecule has 47 heavy (non-hydrogen) atoms. The average Bonchev–Trinajstić information content (AvgIpc) is 3.05. The molecule has 3 amide bonds. The Bertz CT molecular complexity index is 1410. The van der Waals surface area contributed by atoms with Gasteiger partial charge in [-0.1, -0.05) is 20.8 Å². The summed E-state index contributed by atoms with van der Waals surface area (Å²) in [6.07, 6.45) is 2.07. The van der Waals surface area contributed by atoms with Gasteiger partial charge in [0.15, 0.2) is 11.6 Å². The van der Waals surface area contributed by atoms with Gasteiger partial charge in [-0.05, 0) is 44.4 Å². The summed E-state index contributed by atoms with van der Waals surface area (Å²) in [4.78, 5) is 82.6. The second-order valence-corrected chi connectivity index (χ2v) is 11.6. The van der Waals surface area contributed by atoms with Crippen LogP contribution in [-0.4, -0.2) is 84.6 Å². The van der Waals surface area contributed by atoms with Crippen LogP contribution in [0.5, 0.6) is 0 Å². The number of hydrogen-bond donors (Lipinski definition) is 3. The Labute approximate surface area is 276 Å². The third-order valence-corrected chi connectivity index (χ3v) is 7.74. The molecule has 1 heterocycles. The molecule has 1 aromatic carbocycles. The van der Waals surface area contributed by atoms with Crippen molar-refractivity contribution < 1.29 is 38.2 Å². The van der Waals surface area contributed by atoms with Gasteiger partial charge in [0, 0.05) is 57.2 Å². The number of aromatic nitrogens is 2. The van der Waals surface area contributed by atoms with Gasteiger partial charge in [-0.25, -0.2) is 9.97 Å². The molecule has 0 aliphatic rings. The largest absolute Gasteiger partial charge is 0.379 e. The minimum atomic E-state index is -0.918. The third-order valence-electron chi connectivity index (χ3n) is 7.74. The zero-order chi connectivity index (χ0) is 34.9. The molecule has 1 aromatic heterocycles. The SMILES string of the molecule is CCc1nc2ccc(C(=O)CCCOCCOCCC(=O)C[C@@H](C)C(=O)N[C@@H](C)C(=O)C[C@@H](CC(N)=O)C(=O)NC)cc2nc1CC. The molecule has 0 saturated heterocycles. The molecule has 0 aliphatic carbocycles. The first kappa shape index (κ1) is 39.1. The van der Waals surface area contributed by atoms with E-state index in [1.807, 2.05) is 13.0 Å². The Hall–Kier alpha value is -4.10. The Morgan fingerprint density at radius 2 is 1.45 bits per heavy atom. The van der Waals surface area contributed by atoms with Gasteiger partial charge in [-0.3, -0.25) is 28.8 Å². The lowest BCUT2D eigenvalue weighted by molar-refractivity contribution is -0.134. The number of aryl methyl sites for hydroxylation is 2. The first-order valence-corrected chi connectivity index (χ1v) is 16.2. The molecule has 3 atom stereocenters. The lowest BCUT2D eigenvalue weighted by Crippen LogP contribution is -2.43. The summed E-state index contributed by atoms with van der Waals surface area (Å²) in [5.74, 6) is -3.82. The summed E-state index contributed by atoms with van der Waals surface area (Å²) in [5.41, 5.74) is 9.23. The summed E-state index contributed by atoms with van der Waals surface area (Å²) >= 11 is 0. The molecule has 0 fully saturated rings. The number of nitrogens with one attached hydrogen (secondary N) is 2. The normalized spacial score (nSPS) is 13.0. The molecule has 4 N–H and O–H groups in total. The topological polar surface area (TPSA) is 197 Å². The number of primary amides is 1. The number of carbonyl (C=O) groups is 6. The van der Waals surface area contributed by atoms with Gasteiger partial charge in [0.2, 0.25) is 17.7 Å². The maximum Gasteiger partial charge on any atom is 0.223 e. The molecule has 13 heteroatoms. The summed E-state index contributed by atoms with van der Waals surface area (Å²) in [5, 5.41) is 4.96. The van der Waals surface area contributed by atoms with E-state index in [9.17, 15) is 28.8 Å². The number of ether oxygens (including phenoxy) is 2. The van der Waals surface area contributed by atoms with Crippen LogP contribution < -0.4 is 16.4 Å². The van der Waals surface area contributed by atoms with Crippen molar-refractivity contribution in [3.8, 4) is 0 Å². The van der Waals surface area contributed by atoms with Crippen LogP contribution in [0.2, 0.25) is 0 Å². The summed E-state index contributed by atoms with van der Waals surface area (Å²) in [6, 6.07) is 4.53. The lowest BCUT2D eigenvalue weighted by atomic mass is 9.94. The number of nitrogens with two attached hydrogens (primary N) is 1. The van der Waals surface area contributed by atoms with E-state index in [1.165, 1.54) is 14.0 Å². The molecule has 2 aromatic rings. The number of rotatable bonds is 23. The zero-order valence-electron chi connectivity index (χ0n) is 28.2. The van der Waals surface area contributed by atoms with Crippen molar-refractivity contribution in [1.82, 2.24) is 20.6 Å². The van der Waals surface area contributed by atoms with Gasteiger partial charge in [0.25, 0.3) is 0 Å². The van der Waals surface area contributed by atoms with Gasteiger partial charge in [0.05, 0.1) is 54.2 Å². The minimum absolute atomic E-state index is 0.0171. The molecule has 0 aliphatic heterocycles. The zero-order valence-corrected chi connectivity index (χ0v) is 28.2. The summed E-state index contributed by atoms with van der Waals surface area (Å²) in [7, 11) is 1.39. The molecule has 2 rings (SSSR count). The number of carbonyl (C=O) groups excluding carboxylic acids is 6. The number of Topliss-reactive ketones (excluding diaryl/α,β-unsaturated/α-hetero) is 3. The predicted octanol–water partition coefficient (Wildman–Crippen LogP) is 2.44. The number of ketones is 3. The molecule has 0 bridgehead atoms. The Morgan fingerprint density at radius 3 is 2.06 bits per heavy atom. The number of fused-ring (bicyclic) bond motifs is 1. The van der Waals surface area contributed by atoms with E-state index in [0.717, 1.165) is 35.3 Å². The highest BCUT2D eigenvalue weighted by Gasteiger charge is 2.27. The number of nitrogens with zero attached hydrogens (tertiary/aromatic N) is 2. The number of benzene rings is 1. The molecule has 0 unspecified atom stereocenters. The van der Waals surface area contributed by atoms with Crippen LogP contribution in [0.15, 0.2) is 18.2 Å².